The number of benzene rings is 9. The van der Waals surface area contributed by atoms with Gasteiger partial charge in [-0.25, -0.2) is 0 Å². The summed E-state index contributed by atoms with van der Waals surface area (Å²) >= 11 is 0. The van der Waals surface area contributed by atoms with Gasteiger partial charge >= 0.3 is 0 Å². The number of hydrogen-bond acceptors (Lipinski definition) is 0. The minimum absolute atomic E-state index is 1.04. The van der Waals surface area contributed by atoms with Crippen LogP contribution in [-0.4, -0.2) is 18.3 Å². The van der Waals surface area contributed by atoms with Crippen molar-refractivity contribution >= 4 is 87.2 Å². The maximum absolute atomic E-state index is 2.50. The minimum Gasteiger partial charge on any atom is -0.309 e. The van der Waals surface area contributed by atoms with Gasteiger partial charge in [-0.3, -0.25) is 0 Å². The maximum atomic E-state index is 2.50. The van der Waals surface area contributed by atoms with E-state index in [-0.39, 0.29) is 0 Å². The molecule has 0 saturated heterocycles. The Morgan fingerprint density at radius 3 is 1.25 bits per heavy atom. The SMILES string of the molecule is c1cc(-n2c3ccccc3c3cc(-n4c5ccccc5c5ccccc54)ccc32)cc(-n2c3cccc(-n4c5ccccc5c5ccccc54)c3c3c4c(ccc32)C4)c1. The maximum Gasteiger partial charge on any atom is 0.0562 e. The summed E-state index contributed by atoms with van der Waals surface area (Å²) in [6, 6.07) is 71.7. The molecule has 1 aliphatic rings. The van der Waals surface area contributed by atoms with Crippen molar-refractivity contribution in [3.8, 4) is 22.7 Å². The zero-order chi connectivity index (χ0) is 38.3. The average Bonchev–Trinajstić information content (AvgIpc) is 3.58. The van der Waals surface area contributed by atoms with E-state index < -0.39 is 0 Å². The standard InChI is InChI=1S/C55H34N4/c1-6-20-45-38(15-1)39-16-2-7-21-46(39)57(45)37-28-30-50-44(33-37)42-19-5-8-22-47(42)56(50)35-13-11-14-36(32-35)58-51-25-12-26-52(55(51)54-43-31-34(43)27-29-53(54)58)59-48-23-9-3-17-40(48)41-18-4-10-24-49(41)59/h1-30,32-33H,31H2. The van der Waals surface area contributed by atoms with Crippen molar-refractivity contribution in [1.29, 1.82) is 0 Å². The molecule has 1 aliphatic carbocycles. The van der Waals surface area contributed by atoms with Gasteiger partial charge in [-0.15, -0.1) is 0 Å². The van der Waals surface area contributed by atoms with Gasteiger partial charge in [-0.2, -0.15) is 0 Å². The zero-order valence-electron chi connectivity index (χ0n) is 32.0. The molecule has 14 rings (SSSR count). The second-order valence-corrected chi connectivity index (χ2v) is 16.1. The number of nitrogens with zero attached hydrogens (tertiary/aromatic N) is 4. The Bertz CT molecular complexity index is 3830. The summed E-state index contributed by atoms with van der Waals surface area (Å²) in [5.74, 6) is 0. The molecule has 0 radical (unpaired) electrons. The monoisotopic (exact) mass is 750 g/mol. The molecule has 4 heteroatoms. The second-order valence-electron chi connectivity index (χ2n) is 16.1. The predicted molar refractivity (Wildman–Crippen MR) is 247 cm³/mol. The lowest BCUT2D eigenvalue weighted by Gasteiger charge is -2.14. The normalized spacial score (nSPS) is 12.7. The van der Waals surface area contributed by atoms with E-state index in [4.69, 9.17) is 0 Å². The van der Waals surface area contributed by atoms with Gasteiger partial charge < -0.3 is 18.3 Å². The highest BCUT2D eigenvalue weighted by Crippen LogP contribution is 2.46. The van der Waals surface area contributed by atoms with Crippen molar-refractivity contribution in [3.05, 3.63) is 205 Å². The third-order valence-electron chi connectivity index (χ3n) is 13.0. The van der Waals surface area contributed by atoms with Crippen LogP contribution in [-0.2, 0) is 6.42 Å². The lowest BCUT2D eigenvalue weighted by Crippen LogP contribution is -1.99. The molecule has 13 aromatic rings. The lowest BCUT2D eigenvalue weighted by molar-refractivity contribution is 1.13. The second kappa shape index (κ2) is 11.4. The van der Waals surface area contributed by atoms with Crippen LogP contribution in [0.3, 0.4) is 0 Å². The van der Waals surface area contributed by atoms with Crippen molar-refractivity contribution in [2.45, 2.75) is 6.42 Å². The van der Waals surface area contributed by atoms with Crippen LogP contribution in [0.4, 0.5) is 0 Å². The highest BCUT2D eigenvalue weighted by Gasteiger charge is 2.28. The van der Waals surface area contributed by atoms with Crippen LogP contribution >= 0.6 is 0 Å². The summed E-state index contributed by atoms with van der Waals surface area (Å²) in [6.45, 7) is 0. The summed E-state index contributed by atoms with van der Waals surface area (Å²) in [4.78, 5) is 0. The van der Waals surface area contributed by atoms with Crippen LogP contribution in [0, 0.1) is 0 Å². The minimum atomic E-state index is 1.04. The Kier molecular flexibility index (Phi) is 6.05. The molecule has 4 nitrogen and oxygen atoms in total. The average molecular weight is 751 g/mol. The highest BCUT2D eigenvalue weighted by atomic mass is 15.0. The molecule has 4 heterocycles. The van der Waals surface area contributed by atoms with Crippen LogP contribution < -0.4 is 0 Å². The van der Waals surface area contributed by atoms with Crippen molar-refractivity contribution in [2.24, 2.45) is 0 Å². The summed E-state index contributed by atoms with van der Waals surface area (Å²) in [7, 11) is 0. The third kappa shape index (κ3) is 4.17. The van der Waals surface area contributed by atoms with E-state index in [2.05, 4.69) is 212 Å². The molecule has 0 aliphatic heterocycles. The Labute approximate surface area is 338 Å². The molecule has 0 atom stereocenters. The summed E-state index contributed by atoms with van der Waals surface area (Å²) in [5, 5.41) is 10.3. The lowest BCUT2D eigenvalue weighted by atomic mass is 10.1. The van der Waals surface area contributed by atoms with Gasteiger partial charge in [0.25, 0.3) is 0 Å². The highest BCUT2D eigenvalue weighted by molar-refractivity contribution is 6.19. The predicted octanol–water partition coefficient (Wildman–Crippen LogP) is 14.0. The van der Waals surface area contributed by atoms with Gasteiger partial charge in [0.2, 0.25) is 0 Å². The Hall–Kier alpha value is -7.82. The molecule has 0 saturated carbocycles. The fourth-order valence-electron chi connectivity index (χ4n) is 10.5. The number of fused-ring (bicyclic) bond motifs is 14. The number of para-hydroxylation sites is 5. The van der Waals surface area contributed by atoms with Gasteiger partial charge in [0.1, 0.15) is 0 Å². The van der Waals surface area contributed by atoms with Gasteiger partial charge in [-0.05, 0) is 102 Å². The first-order valence-corrected chi connectivity index (χ1v) is 20.5. The Morgan fingerprint density at radius 1 is 0.271 bits per heavy atom. The molecule has 0 amide bonds. The van der Waals surface area contributed by atoms with Crippen LogP contribution in [0.15, 0.2) is 194 Å². The molecule has 0 unspecified atom stereocenters. The van der Waals surface area contributed by atoms with E-state index in [1.165, 1.54) is 104 Å². The van der Waals surface area contributed by atoms with E-state index in [1.54, 1.807) is 0 Å². The number of rotatable bonds is 4. The van der Waals surface area contributed by atoms with Crippen molar-refractivity contribution in [1.82, 2.24) is 18.3 Å². The fraction of sp³-hybridized carbons (Fsp3) is 0.0182. The molecule has 9 aromatic carbocycles. The molecule has 4 aromatic heterocycles. The molecule has 0 spiro atoms. The molecular formula is C55H34N4. The molecule has 0 bridgehead atoms. The topological polar surface area (TPSA) is 19.7 Å². The Morgan fingerprint density at radius 2 is 0.678 bits per heavy atom. The van der Waals surface area contributed by atoms with Crippen LogP contribution in [0.25, 0.3) is 110 Å². The fourth-order valence-corrected chi connectivity index (χ4v) is 10.5. The first-order valence-electron chi connectivity index (χ1n) is 20.5. The van der Waals surface area contributed by atoms with E-state index in [9.17, 15) is 0 Å². The third-order valence-corrected chi connectivity index (χ3v) is 13.0. The van der Waals surface area contributed by atoms with Crippen molar-refractivity contribution < 1.29 is 0 Å². The van der Waals surface area contributed by atoms with Crippen LogP contribution in [0.5, 0.6) is 0 Å². The largest absolute Gasteiger partial charge is 0.309 e. The van der Waals surface area contributed by atoms with Crippen LogP contribution in [0.2, 0.25) is 0 Å². The van der Waals surface area contributed by atoms with E-state index in [1.807, 2.05) is 0 Å². The number of aromatic nitrogens is 4. The van der Waals surface area contributed by atoms with Gasteiger partial charge in [0.15, 0.2) is 0 Å². The molecule has 0 N–H and O–H groups in total. The van der Waals surface area contributed by atoms with Crippen molar-refractivity contribution in [2.75, 3.05) is 0 Å². The van der Waals surface area contributed by atoms with E-state index in [0.29, 0.717) is 0 Å². The van der Waals surface area contributed by atoms with Crippen molar-refractivity contribution in [3.63, 3.8) is 0 Å². The number of hydrogen-bond donors (Lipinski definition) is 0. The first-order chi connectivity index (χ1) is 29.3. The van der Waals surface area contributed by atoms with E-state index in [0.717, 1.165) is 23.5 Å². The summed E-state index contributed by atoms with van der Waals surface area (Å²) in [6.07, 6.45) is 1.04. The summed E-state index contributed by atoms with van der Waals surface area (Å²) < 4.78 is 9.85. The summed E-state index contributed by atoms with van der Waals surface area (Å²) in [5.41, 5.74) is 17.3. The Balaban J connectivity index is 1.00. The molecule has 0 fully saturated rings. The molecule has 59 heavy (non-hydrogen) atoms. The smallest absolute Gasteiger partial charge is 0.0562 e. The first kappa shape index (κ1) is 31.3. The zero-order valence-corrected chi connectivity index (χ0v) is 32.0. The van der Waals surface area contributed by atoms with Gasteiger partial charge in [0, 0.05) is 60.2 Å². The molecular weight excluding hydrogens is 717 g/mol. The molecule has 274 valence electrons. The van der Waals surface area contributed by atoms with Gasteiger partial charge in [-0.1, -0.05) is 109 Å². The van der Waals surface area contributed by atoms with Crippen LogP contribution in [0.1, 0.15) is 11.1 Å². The van der Waals surface area contributed by atoms with Gasteiger partial charge in [0.05, 0.1) is 49.8 Å². The quantitative estimate of drug-likeness (QED) is 0.171. The van der Waals surface area contributed by atoms with E-state index >= 15 is 0 Å².